The van der Waals surface area contributed by atoms with Gasteiger partial charge in [0.2, 0.25) is 0 Å². The lowest BCUT2D eigenvalue weighted by molar-refractivity contribution is 0.0926. The molecule has 2 fully saturated rings. The van der Waals surface area contributed by atoms with Crippen LogP contribution in [0.25, 0.3) is 0 Å². The number of carbonyl (C=O) groups excluding carboxylic acids is 1. The highest BCUT2D eigenvalue weighted by Gasteiger charge is 2.36. The number of hydrogen-bond acceptors (Lipinski definition) is 5. The monoisotopic (exact) mass is 344 g/mol. The minimum Gasteiger partial charge on any atom is -0.333 e. The number of amides is 1. The van der Waals surface area contributed by atoms with E-state index in [0.29, 0.717) is 11.3 Å². The Balaban J connectivity index is 1.64. The highest BCUT2D eigenvalue weighted by molar-refractivity contribution is 7.99. The molecule has 0 bridgehead atoms. The topological polar surface area (TPSA) is 59.4 Å². The third-order valence-corrected chi connectivity index (χ3v) is 5.97. The van der Waals surface area contributed by atoms with Crippen LogP contribution < -0.4 is 5.32 Å². The van der Waals surface area contributed by atoms with Gasteiger partial charge in [-0.25, -0.2) is 0 Å². The lowest BCUT2D eigenvalue weighted by Crippen LogP contribution is -2.47. The standard InChI is InChI=1S/C18H24N4OS/c1-21-6-8-22(9-7-21)12-15-3-2-4-16(11-15)17(23)20-18(13-19)5-10-24-14-18/h2-4,11H,5-10,12,14H2,1H3,(H,20,23). The summed E-state index contributed by atoms with van der Waals surface area (Å²) in [4.78, 5) is 17.3. The van der Waals surface area contributed by atoms with E-state index in [9.17, 15) is 10.1 Å². The first kappa shape index (κ1) is 17.3. The maximum absolute atomic E-state index is 12.6. The number of rotatable bonds is 4. The largest absolute Gasteiger partial charge is 0.333 e. The molecule has 0 radical (unpaired) electrons. The number of likely N-dealkylation sites (N-methyl/N-ethyl adjacent to an activating group) is 1. The number of thioether (sulfide) groups is 1. The molecule has 2 aliphatic rings. The zero-order valence-electron chi connectivity index (χ0n) is 14.1. The Hall–Kier alpha value is -1.55. The first-order valence-electron chi connectivity index (χ1n) is 8.42. The highest BCUT2D eigenvalue weighted by atomic mass is 32.2. The Morgan fingerprint density at radius 3 is 2.83 bits per heavy atom. The minimum atomic E-state index is -0.699. The van der Waals surface area contributed by atoms with Crippen molar-refractivity contribution in [3.8, 4) is 6.07 Å². The van der Waals surface area contributed by atoms with Crippen LogP contribution in [0.2, 0.25) is 0 Å². The van der Waals surface area contributed by atoms with Gasteiger partial charge in [0, 0.05) is 44.0 Å². The van der Waals surface area contributed by atoms with E-state index in [2.05, 4.69) is 34.3 Å². The molecule has 1 aromatic carbocycles. The molecule has 0 aromatic heterocycles. The highest BCUT2D eigenvalue weighted by Crippen LogP contribution is 2.27. The quantitative estimate of drug-likeness (QED) is 0.898. The van der Waals surface area contributed by atoms with Crippen LogP contribution in [0.4, 0.5) is 0 Å². The van der Waals surface area contributed by atoms with E-state index >= 15 is 0 Å². The van der Waals surface area contributed by atoms with Crippen molar-refractivity contribution in [1.29, 1.82) is 5.26 Å². The zero-order chi connectivity index (χ0) is 17.0. The van der Waals surface area contributed by atoms with Crippen molar-refractivity contribution in [2.45, 2.75) is 18.5 Å². The van der Waals surface area contributed by atoms with Crippen molar-refractivity contribution in [3.05, 3.63) is 35.4 Å². The van der Waals surface area contributed by atoms with Gasteiger partial charge < -0.3 is 10.2 Å². The summed E-state index contributed by atoms with van der Waals surface area (Å²) < 4.78 is 0. The van der Waals surface area contributed by atoms with Crippen LogP contribution >= 0.6 is 11.8 Å². The number of nitrogens with one attached hydrogen (secondary N) is 1. The lowest BCUT2D eigenvalue weighted by atomic mass is 10.00. The zero-order valence-corrected chi connectivity index (χ0v) is 14.9. The van der Waals surface area contributed by atoms with Crippen molar-refractivity contribution in [2.24, 2.45) is 0 Å². The number of carbonyl (C=O) groups is 1. The summed E-state index contributed by atoms with van der Waals surface area (Å²) in [7, 11) is 2.15. The van der Waals surface area contributed by atoms with E-state index in [0.717, 1.165) is 50.5 Å². The Labute approximate surface area is 148 Å². The number of benzene rings is 1. The summed E-state index contributed by atoms with van der Waals surface area (Å²) in [6.45, 7) is 5.16. The van der Waals surface area contributed by atoms with Crippen LogP contribution in [-0.2, 0) is 6.54 Å². The van der Waals surface area contributed by atoms with Crippen molar-refractivity contribution in [3.63, 3.8) is 0 Å². The fourth-order valence-electron chi connectivity index (χ4n) is 3.14. The second kappa shape index (κ2) is 7.56. The maximum atomic E-state index is 12.6. The summed E-state index contributed by atoms with van der Waals surface area (Å²) in [5, 5.41) is 12.4. The Bertz CT molecular complexity index is 628. The number of nitrogens with zero attached hydrogens (tertiary/aromatic N) is 3. The first-order valence-corrected chi connectivity index (χ1v) is 9.57. The minimum absolute atomic E-state index is 0.140. The molecule has 1 N–H and O–H groups in total. The summed E-state index contributed by atoms with van der Waals surface area (Å²) >= 11 is 1.72. The molecule has 1 amide bonds. The molecule has 128 valence electrons. The fraction of sp³-hybridized carbons (Fsp3) is 0.556. The van der Waals surface area contributed by atoms with Crippen molar-refractivity contribution in [2.75, 3.05) is 44.7 Å². The van der Waals surface area contributed by atoms with E-state index in [1.54, 1.807) is 11.8 Å². The van der Waals surface area contributed by atoms with Gasteiger partial charge in [-0.2, -0.15) is 17.0 Å². The van der Waals surface area contributed by atoms with Crippen molar-refractivity contribution in [1.82, 2.24) is 15.1 Å². The van der Waals surface area contributed by atoms with Gasteiger partial charge in [0.05, 0.1) is 6.07 Å². The molecule has 6 heteroatoms. The van der Waals surface area contributed by atoms with Gasteiger partial charge in [0.15, 0.2) is 0 Å². The summed E-state index contributed by atoms with van der Waals surface area (Å²) in [6, 6.07) is 10.1. The van der Waals surface area contributed by atoms with Gasteiger partial charge >= 0.3 is 0 Å². The van der Waals surface area contributed by atoms with Gasteiger partial charge in [-0.15, -0.1) is 0 Å². The molecule has 0 saturated carbocycles. The SMILES string of the molecule is CN1CCN(Cc2cccc(C(=O)NC3(C#N)CCSC3)c2)CC1. The third-order valence-electron chi connectivity index (χ3n) is 4.78. The normalized spacial score (nSPS) is 25.3. The molecule has 0 spiro atoms. The molecule has 3 rings (SSSR count). The maximum Gasteiger partial charge on any atom is 0.252 e. The molecule has 2 heterocycles. The van der Waals surface area contributed by atoms with Gasteiger partial charge in [-0.3, -0.25) is 9.69 Å². The molecule has 1 aromatic rings. The summed E-state index contributed by atoms with van der Waals surface area (Å²) in [6.07, 6.45) is 0.723. The van der Waals surface area contributed by atoms with Crippen LogP contribution in [0, 0.1) is 11.3 Å². The van der Waals surface area contributed by atoms with Gasteiger partial charge in [0.25, 0.3) is 5.91 Å². The Morgan fingerprint density at radius 2 is 2.17 bits per heavy atom. The van der Waals surface area contributed by atoms with Gasteiger partial charge in [-0.1, -0.05) is 12.1 Å². The van der Waals surface area contributed by atoms with E-state index < -0.39 is 5.54 Å². The van der Waals surface area contributed by atoms with Crippen LogP contribution in [0.3, 0.4) is 0 Å². The molecular formula is C18H24N4OS. The molecule has 24 heavy (non-hydrogen) atoms. The number of hydrogen-bond donors (Lipinski definition) is 1. The Morgan fingerprint density at radius 1 is 1.38 bits per heavy atom. The molecule has 2 saturated heterocycles. The average molecular weight is 344 g/mol. The van der Waals surface area contributed by atoms with Crippen molar-refractivity contribution >= 4 is 17.7 Å². The van der Waals surface area contributed by atoms with Gasteiger partial charge in [-0.05, 0) is 36.9 Å². The molecule has 2 aliphatic heterocycles. The summed E-state index contributed by atoms with van der Waals surface area (Å²) in [5.41, 5.74) is 1.10. The number of nitriles is 1. The first-order chi connectivity index (χ1) is 11.6. The van der Waals surface area contributed by atoms with Gasteiger partial charge in [0.1, 0.15) is 5.54 Å². The van der Waals surface area contributed by atoms with Crippen LogP contribution in [0.5, 0.6) is 0 Å². The van der Waals surface area contributed by atoms with Crippen LogP contribution in [0.15, 0.2) is 24.3 Å². The third kappa shape index (κ3) is 4.10. The van der Waals surface area contributed by atoms with E-state index in [-0.39, 0.29) is 5.91 Å². The second-order valence-electron chi connectivity index (χ2n) is 6.73. The van der Waals surface area contributed by atoms with Crippen LogP contribution in [0.1, 0.15) is 22.3 Å². The predicted octanol–water partition coefficient (Wildman–Crippen LogP) is 1.56. The summed E-state index contributed by atoms with van der Waals surface area (Å²) in [5.74, 6) is 1.47. The predicted molar refractivity (Wildman–Crippen MR) is 97.0 cm³/mol. The molecule has 5 nitrogen and oxygen atoms in total. The van der Waals surface area contributed by atoms with E-state index in [4.69, 9.17) is 0 Å². The van der Waals surface area contributed by atoms with Crippen LogP contribution in [-0.4, -0.2) is 66.0 Å². The smallest absolute Gasteiger partial charge is 0.252 e. The Kier molecular flexibility index (Phi) is 5.44. The molecular weight excluding hydrogens is 320 g/mol. The lowest BCUT2D eigenvalue weighted by Gasteiger charge is -2.32. The van der Waals surface area contributed by atoms with E-state index in [1.807, 2.05) is 18.2 Å². The molecule has 1 atom stereocenters. The number of piperazine rings is 1. The fourth-order valence-corrected chi connectivity index (χ4v) is 4.41. The molecule has 0 aliphatic carbocycles. The molecule has 1 unspecified atom stereocenters. The average Bonchev–Trinajstić information content (AvgIpc) is 3.06. The second-order valence-corrected chi connectivity index (χ2v) is 7.84. The van der Waals surface area contributed by atoms with E-state index in [1.165, 1.54) is 0 Å². The van der Waals surface area contributed by atoms with Crippen molar-refractivity contribution < 1.29 is 4.79 Å².